The van der Waals surface area contributed by atoms with E-state index < -0.39 is 5.60 Å². The van der Waals surface area contributed by atoms with Crippen molar-refractivity contribution in [1.29, 1.82) is 0 Å². The number of carbonyl (C=O) groups excluding carboxylic acids is 1. The SMILES string of the molecule is CCn1ccnc1C(=O)C1(O)CCCCC1. The van der Waals surface area contributed by atoms with Gasteiger partial charge in [0.15, 0.2) is 5.82 Å². The topological polar surface area (TPSA) is 55.1 Å². The summed E-state index contributed by atoms with van der Waals surface area (Å²) in [5, 5.41) is 10.3. The lowest BCUT2D eigenvalue weighted by Gasteiger charge is -2.30. The van der Waals surface area contributed by atoms with E-state index in [2.05, 4.69) is 4.98 Å². The summed E-state index contributed by atoms with van der Waals surface area (Å²) < 4.78 is 1.79. The summed E-state index contributed by atoms with van der Waals surface area (Å²) in [7, 11) is 0. The Bertz CT molecular complexity index is 378. The maximum atomic E-state index is 12.2. The first-order valence-corrected chi connectivity index (χ1v) is 5.96. The molecule has 88 valence electrons. The van der Waals surface area contributed by atoms with Crippen LogP contribution in [0, 0.1) is 0 Å². The quantitative estimate of drug-likeness (QED) is 0.793. The van der Waals surface area contributed by atoms with Crippen LogP contribution in [-0.4, -0.2) is 26.0 Å². The summed E-state index contributed by atoms with van der Waals surface area (Å²) in [6, 6.07) is 0. The smallest absolute Gasteiger partial charge is 0.229 e. The van der Waals surface area contributed by atoms with Crippen molar-refractivity contribution in [2.45, 2.75) is 51.2 Å². The molecule has 1 heterocycles. The van der Waals surface area contributed by atoms with Crippen molar-refractivity contribution < 1.29 is 9.90 Å². The predicted octanol–water partition coefficient (Wildman–Crippen LogP) is 1.78. The zero-order valence-corrected chi connectivity index (χ0v) is 9.65. The van der Waals surface area contributed by atoms with Gasteiger partial charge in [-0.25, -0.2) is 4.98 Å². The molecule has 0 amide bonds. The minimum absolute atomic E-state index is 0.209. The van der Waals surface area contributed by atoms with Crippen LogP contribution >= 0.6 is 0 Å². The lowest BCUT2D eigenvalue weighted by Crippen LogP contribution is -2.41. The molecule has 4 nitrogen and oxygen atoms in total. The summed E-state index contributed by atoms with van der Waals surface area (Å²) in [6.45, 7) is 2.67. The first-order valence-electron chi connectivity index (χ1n) is 5.96. The van der Waals surface area contributed by atoms with E-state index in [0.29, 0.717) is 25.2 Å². The zero-order chi connectivity index (χ0) is 11.6. The highest BCUT2D eigenvalue weighted by Gasteiger charge is 2.39. The van der Waals surface area contributed by atoms with Crippen molar-refractivity contribution >= 4 is 5.78 Å². The first-order chi connectivity index (χ1) is 7.67. The Labute approximate surface area is 95.3 Å². The van der Waals surface area contributed by atoms with E-state index in [1.54, 1.807) is 17.0 Å². The van der Waals surface area contributed by atoms with Crippen LogP contribution in [0.1, 0.15) is 49.6 Å². The number of hydrogen-bond acceptors (Lipinski definition) is 3. The van der Waals surface area contributed by atoms with Crippen LogP contribution in [0.25, 0.3) is 0 Å². The Morgan fingerprint density at radius 3 is 2.81 bits per heavy atom. The third-order valence-electron chi connectivity index (χ3n) is 3.36. The second-order valence-corrected chi connectivity index (χ2v) is 4.46. The van der Waals surface area contributed by atoms with Gasteiger partial charge in [0.05, 0.1) is 0 Å². The number of ketones is 1. The van der Waals surface area contributed by atoms with Crippen LogP contribution in [0.3, 0.4) is 0 Å². The number of aromatic nitrogens is 2. The number of Topliss-reactive ketones (excluding diaryl/α,β-unsaturated/α-hetero) is 1. The Hall–Kier alpha value is -1.16. The van der Waals surface area contributed by atoms with Gasteiger partial charge in [-0.3, -0.25) is 4.79 Å². The van der Waals surface area contributed by atoms with Gasteiger partial charge in [-0.2, -0.15) is 0 Å². The molecule has 1 aliphatic rings. The third kappa shape index (κ3) is 1.89. The van der Waals surface area contributed by atoms with Crippen LogP contribution < -0.4 is 0 Å². The lowest BCUT2D eigenvalue weighted by molar-refractivity contribution is 0.0103. The zero-order valence-electron chi connectivity index (χ0n) is 9.65. The van der Waals surface area contributed by atoms with Gasteiger partial charge in [0.25, 0.3) is 0 Å². The molecular formula is C12H18N2O2. The van der Waals surface area contributed by atoms with Crippen molar-refractivity contribution in [3.05, 3.63) is 18.2 Å². The van der Waals surface area contributed by atoms with Gasteiger partial charge in [0.2, 0.25) is 5.78 Å². The molecule has 2 rings (SSSR count). The first kappa shape index (κ1) is 11.3. The highest BCUT2D eigenvalue weighted by molar-refractivity contribution is 5.99. The molecule has 1 N–H and O–H groups in total. The van der Waals surface area contributed by atoms with Crippen LogP contribution in [0.2, 0.25) is 0 Å². The van der Waals surface area contributed by atoms with E-state index >= 15 is 0 Å². The fraction of sp³-hybridized carbons (Fsp3) is 0.667. The highest BCUT2D eigenvalue weighted by atomic mass is 16.3. The number of rotatable bonds is 3. The second-order valence-electron chi connectivity index (χ2n) is 4.46. The van der Waals surface area contributed by atoms with E-state index in [1.807, 2.05) is 6.92 Å². The monoisotopic (exact) mass is 222 g/mol. The average Bonchev–Trinajstić information content (AvgIpc) is 2.77. The van der Waals surface area contributed by atoms with E-state index in [1.165, 1.54) is 0 Å². The summed E-state index contributed by atoms with van der Waals surface area (Å²) >= 11 is 0. The molecule has 16 heavy (non-hydrogen) atoms. The number of carbonyl (C=O) groups is 1. The van der Waals surface area contributed by atoms with Crippen LogP contribution in [0.4, 0.5) is 0 Å². The molecule has 0 bridgehead atoms. The number of hydrogen-bond donors (Lipinski definition) is 1. The number of nitrogens with zero attached hydrogens (tertiary/aromatic N) is 2. The third-order valence-corrected chi connectivity index (χ3v) is 3.36. The molecule has 0 saturated heterocycles. The van der Waals surface area contributed by atoms with Gasteiger partial charge in [-0.1, -0.05) is 19.3 Å². The standard InChI is InChI=1S/C12H18N2O2/c1-2-14-9-8-13-11(14)10(15)12(16)6-4-3-5-7-12/h8-9,16H,2-7H2,1H3. The molecule has 0 atom stereocenters. The molecule has 1 aromatic rings. The summed E-state index contributed by atoms with van der Waals surface area (Å²) in [6.07, 6.45) is 7.50. The highest BCUT2D eigenvalue weighted by Crippen LogP contribution is 2.30. The maximum absolute atomic E-state index is 12.2. The van der Waals surface area contributed by atoms with Crippen molar-refractivity contribution in [3.8, 4) is 0 Å². The van der Waals surface area contributed by atoms with E-state index in [0.717, 1.165) is 19.3 Å². The summed E-state index contributed by atoms with van der Waals surface area (Å²) in [5.41, 5.74) is -1.17. The largest absolute Gasteiger partial charge is 0.382 e. The molecule has 0 aromatic carbocycles. The van der Waals surface area contributed by atoms with E-state index in [4.69, 9.17) is 0 Å². The number of aryl methyl sites for hydroxylation is 1. The maximum Gasteiger partial charge on any atom is 0.229 e. The molecule has 4 heteroatoms. The van der Waals surface area contributed by atoms with Crippen molar-refractivity contribution in [2.24, 2.45) is 0 Å². The van der Waals surface area contributed by atoms with Crippen LogP contribution in [0.5, 0.6) is 0 Å². The minimum Gasteiger partial charge on any atom is -0.382 e. The van der Waals surface area contributed by atoms with Gasteiger partial charge in [0, 0.05) is 18.9 Å². The molecular weight excluding hydrogens is 204 g/mol. The normalized spacial score (nSPS) is 19.6. The Morgan fingerprint density at radius 1 is 1.50 bits per heavy atom. The molecule has 1 aliphatic carbocycles. The summed E-state index contributed by atoms with van der Waals surface area (Å²) in [4.78, 5) is 16.3. The van der Waals surface area contributed by atoms with Crippen LogP contribution in [-0.2, 0) is 6.54 Å². The van der Waals surface area contributed by atoms with Crippen molar-refractivity contribution in [2.75, 3.05) is 0 Å². The molecule has 1 aromatic heterocycles. The molecule has 0 aliphatic heterocycles. The molecule has 1 fully saturated rings. The van der Waals surface area contributed by atoms with Gasteiger partial charge >= 0.3 is 0 Å². The molecule has 0 spiro atoms. The van der Waals surface area contributed by atoms with Gasteiger partial charge in [-0.15, -0.1) is 0 Å². The predicted molar refractivity (Wildman–Crippen MR) is 60.3 cm³/mol. The summed E-state index contributed by atoms with van der Waals surface area (Å²) in [5.74, 6) is 0.186. The lowest BCUT2D eigenvalue weighted by atomic mass is 9.81. The van der Waals surface area contributed by atoms with E-state index in [9.17, 15) is 9.90 Å². The number of imidazole rings is 1. The Kier molecular flexibility index (Phi) is 3.10. The van der Waals surface area contributed by atoms with Crippen molar-refractivity contribution in [1.82, 2.24) is 9.55 Å². The second kappa shape index (κ2) is 4.37. The fourth-order valence-corrected chi connectivity index (χ4v) is 2.35. The minimum atomic E-state index is -1.17. The van der Waals surface area contributed by atoms with Crippen molar-refractivity contribution in [3.63, 3.8) is 0 Å². The number of aliphatic hydroxyl groups is 1. The molecule has 0 radical (unpaired) electrons. The fourth-order valence-electron chi connectivity index (χ4n) is 2.35. The molecule has 1 saturated carbocycles. The Balaban J connectivity index is 2.24. The van der Waals surface area contributed by atoms with E-state index in [-0.39, 0.29) is 5.78 Å². The average molecular weight is 222 g/mol. The van der Waals surface area contributed by atoms with Gasteiger partial charge < -0.3 is 9.67 Å². The van der Waals surface area contributed by atoms with Crippen LogP contribution in [0.15, 0.2) is 12.4 Å². The van der Waals surface area contributed by atoms with Gasteiger partial charge in [-0.05, 0) is 19.8 Å². The molecule has 0 unspecified atom stereocenters. The van der Waals surface area contributed by atoms with Gasteiger partial charge in [0.1, 0.15) is 5.60 Å². The Morgan fingerprint density at radius 2 is 2.19 bits per heavy atom.